The third-order valence-electron chi connectivity index (χ3n) is 4.58. The largest absolute Gasteiger partial charge is 0.495 e. The quantitative estimate of drug-likeness (QED) is 0.731. The molecular weight excluding hydrogens is 396 g/mol. The predicted octanol–water partition coefficient (Wildman–Crippen LogP) is 3.19. The summed E-state index contributed by atoms with van der Waals surface area (Å²) in [6, 6.07) is 12.2. The molecule has 152 valence electrons. The number of esters is 1. The maximum atomic E-state index is 12.5. The SMILES string of the molecule is COc1ccc(C)cc1N1C[C@@H](C(=O)OCC(=O)Nc2ccccc2Cl)CC1=O. The summed E-state index contributed by atoms with van der Waals surface area (Å²) in [6.45, 7) is 1.62. The molecule has 2 aromatic carbocycles. The van der Waals surface area contributed by atoms with Crippen LogP contribution in [0.2, 0.25) is 5.02 Å². The lowest BCUT2D eigenvalue weighted by Crippen LogP contribution is -2.28. The minimum atomic E-state index is -0.652. The van der Waals surface area contributed by atoms with Crippen LogP contribution >= 0.6 is 11.6 Å². The van der Waals surface area contributed by atoms with Gasteiger partial charge in [0.15, 0.2) is 6.61 Å². The number of methoxy groups -OCH3 is 1. The van der Waals surface area contributed by atoms with Gasteiger partial charge in [0.1, 0.15) is 5.75 Å². The van der Waals surface area contributed by atoms with Crippen molar-refractivity contribution in [2.45, 2.75) is 13.3 Å². The van der Waals surface area contributed by atoms with Crippen molar-refractivity contribution < 1.29 is 23.9 Å². The van der Waals surface area contributed by atoms with E-state index >= 15 is 0 Å². The van der Waals surface area contributed by atoms with Gasteiger partial charge in [-0.2, -0.15) is 0 Å². The minimum Gasteiger partial charge on any atom is -0.495 e. The zero-order chi connectivity index (χ0) is 21.0. The van der Waals surface area contributed by atoms with Crippen molar-refractivity contribution in [1.29, 1.82) is 0 Å². The maximum Gasteiger partial charge on any atom is 0.311 e. The Morgan fingerprint density at radius 3 is 2.72 bits per heavy atom. The van der Waals surface area contributed by atoms with Crippen LogP contribution in [0.1, 0.15) is 12.0 Å². The Balaban J connectivity index is 1.59. The lowest BCUT2D eigenvalue weighted by atomic mass is 10.1. The van der Waals surface area contributed by atoms with Crippen molar-refractivity contribution in [3.05, 3.63) is 53.1 Å². The van der Waals surface area contributed by atoms with E-state index in [0.29, 0.717) is 22.1 Å². The van der Waals surface area contributed by atoms with Gasteiger partial charge in [-0.25, -0.2) is 0 Å². The fraction of sp³-hybridized carbons (Fsp3) is 0.286. The fourth-order valence-corrected chi connectivity index (χ4v) is 3.30. The van der Waals surface area contributed by atoms with Gasteiger partial charge in [-0.1, -0.05) is 29.8 Å². The Labute approximate surface area is 173 Å². The van der Waals surface area contributed by atoms with Gasteiger partial charge < -0.3 is 19.7 Å². The van der Waals surface area contributed by atoms with Crippen LogP contribution in [0.5, 0.6) is 5.75 Å². The van der Waals surface area contributed by atoms with E-state index < -0.39 is 24.4 Å². The summed E-state index contributed by atoms with van der Waals surface area (Å²) >= 11 is 5.99. The molecule has 1 saturated heterocycles. The highest BCUT2D eigenvalue weighted by atomic mass is 35.5. The number of hydrogen-bond acceptors (Lipinski definition) is 5. The second-order valence-corrected chi connectivity index (χ2v) is 7.12. The fourth-order valence-electron chi connectivity index (χ4n) is 3.11. The molecule has 0 unspecified atom stereocenters. The molecule has 1 atom stereocenters. The van der Waals surface area contributed by atoms with Gasteiger partial charge in [0.25, 0.3) is 5.91 Å². The normalized spacial score (nSPS) is 15.9. The van der Waals surface area contributed by atoms with Gasteiger partial charge in [0, 0.05) is 13.0 Å². The molecule has 1 aliphatic rings. The van der Waals surface area contributed by atoms with Crippen molar-refractivity contribution in [2.75, 3.05) is 30.5 Å². The van der Waals surface area contributed by atoms with E-state index in [0.717, 1.165) is 5.56 Å². The van der Waals surface area contributed by atoms with Gasteiger partial charge in [-0.15, -0.1) is 0 Å². The molecule has 0 aliphatic carbocycles. The summed E-state index contributed by atoms with van der Waals surface area (Å²) in [5, 5.41) is 2.96. The number of anilines is 2. The van der Waals surface area contributed by atoms with E-state index in [9.17, 15) is 14.4 Å². The van der Waals surface area contributed by atoms with Crippen LogP contribution in [0.15, 0.2) is 42.5 Å². The Bertz CT molecular complexity index is 946. The molecule has 0 spiro atoms. The van der Waals surface area contributed by atoms with Crippen LogP contribution in [-0.2, 0) is 19.1 Å². The van der Waals surface area contributed by atoms with Crippen molar-refractivity contribution >= 4 is 40.8 Å². The lowest BCUT2D eigenvalue weighted by molar-refractivity contribution is -0.151. The van der Waals surface area contributed by atoms with Crippen LogP contribution in [0, 0.1) is 12.8 Å². The Kier molecular flexibility index (Phi) is 6.39. The second-order valence-electron chi connectivity index (χ2n) is 6.72. The van der Waals surface area contributed by atoms with Crippen molar-refractivity contribution in [2.24, 2.45) is 5.92 Å². The van der Waals surface area contributed by atoms with Crippen LogP contribution in [-0.4, -0.2) is 38.0 Å². The molecule has 0 bridgehead atoms. The first kappa shape index (κ1) is 20.7. The molecule has 0 aromatic heterocycles. The number of ether oxygens (including phenoxy) is 2. The number of halogens is 1. The standard InChI is InChI=1S/C21H21ClN2O5/c1-13-7-8-18(28-2)17(9-13)24-11-14(10-20(24)26)21(27)29-12-19(25)23-16-6-4-3-5-15(16)22/h3-9,14H,10-12H2,1-2H3,(H,23,25)/t14-/m0/s1. The Hall–Kier alpha value is -3.06. The Morgan fingerprint density at radius 2 is 2.00 bits per heavy atom. The van der Waals surface area contributed by atoms with Gasteiger partial charge in [0.05, 0.1) is 29.4 Å². The van der Waals surface area contributed by atoms with Gasteiger partial charge in [-0.05, 0) is 36.8 Å². The Morgan fingerprint density at radius 1 is 1.24 bits per heavy atom. The molecule has 1 aliphatic heterocycles. The molecule has 1 heterocycles. The van der Waals surface area contributed by atoms with E-state index in [-0.39, 0.29) is 18.9 Å². The zero-order valence-corrected chi connectivity index (χ0v) is 16.9. The number of para-hydroxylation sites is 1. The van der Waals surface area contributed by atoms with Crippen molar-refractivity contribution in [1.82, 2.24) is 0 Å². The number of amides is 2. The summed E-state index contributed by atoms with van der Waals surface area (Å²) in [4.78, 5) is 38.4. The maximum absolute atomic E-state index is 12.5. The second kappa shape index (κ2) is 8.96. The van der Waals surface area contributed by atoms with Crippen LogP contribution in [0.4, 0.5) is 11.4 Å². The highest BCUT2D eigenvalue weighted by molar-refractivity contribution is 6.33. The smallest absolute Gasteiger partial charge is 0.311 e. The number of benzene rings is 2. The first-order chi connectivity index (χ1) is 13.9. The molecule has 0 saturated carbocycles. The first-order valence-corrected chi connectivity index (χ1v) is 9.43. The third kappa shape index (κ3) is 4.86. The molecule has 1 N–H and O–H groups in total. The summed E-state index contributed by atoms with van der Waals surface area (Å²) in [6.07, 6.45) is 0.0159. The lowest BCUT2D eigenvalue weighted by Gasteiger charge is -2.20. The monoisotopic (exact) mass is 416 g/mol. The topological polar surface area (TPSA) is 84.9 Å². The van der Waals surface area contributed by atoms with Gasteiger partial charge >= 0.3 is 5.97 Å². The van der Waals surface area contributed by atoms with E-state index in [4.69, 9.17) is 21.1 Å². The predicted molar refractivity (Wildman–Crippen MR) is 109 cm³/mol. The summed E-state index contributed by atoms with van der Waals surface area (Å²) in [5.41, 5.74) is 2.02. The molecular formula is C21H21ClN2O5. The van der Waals surface area contributed by atoms with E-state index in [1.807, 2.05) is 19.1 Å². The highest BCUT2D eigenvalue weighted by Crippen LogP contribution is 2.34. The number of nitrogens with zero attached hydrogens (tertiary/aromatic N) is 1. The van der Waals surface area contributed by atoms with Crippen molar-refractivity contribution in [3.8, 4) is 5.75 Å². The van der Waals surface area contributed by atoms with Crippen LogP contribution < -0.4 is 15.0 Å². The van der Waals surface area contributed by atoms with E-state index in [2.05, 4.69) is 5.32 Å². The summed E-state index contributed by atoms with van der Waals surface area (Å²) in [7, 11) is 1.53. The number of carbonyl (C=O) groups excluding carboxylic acids is 3. The van der Waals surface area contributed by atoms with Crippen LogP contribution in [0.3, 0.4) is 0 Å². The molecule has 0 radical (unpaired) electrons. The van der Waals surface area contributed by atoms with E-state index in [1.54, 1.807) is 30.3 Å². The van der Waals surface area contributed by atoms with E-state index in [1.165, 1.54) is 12.0 Å². The number of nitrogens with one attached hydrogen (secondary N) is 1. The molecule has 2 amide bonds. The molecule has 2 aromatic rings. The molecule has 8 heteroatoms. The zero-order valence-electron chi connectivity index (χ0n) is 16.1. The van der Waals surface area contributed by atoms with Crippen LogP contribution in [0.25, 0.3) is 0 Å². The number of aryl methyl sites for hydroxylation is 1. The average molecular weight is 417 g/mol. The molecule has 7 nitrogen and oxygen atoms in total. The van der Waals surface area contributed by atoms with Gasteiger partial charge in [-0.3, -0.25) is 14.4 Å². The minimum absolute atomic E-state index is 0.0159. The third-order valence-corrected chi connectivity index (χ3v) is 4.91. The van der Waals surface area contributed by atoms with Crippen molar-refractivity contribution in [3.63, 3.8) is 0 Å². The number of hydrogen-bond donors (Lipinski definition) is 1. The summed E-state index contributed by atoms with van der Waals surface area (Å²) in [5.74, 6) is -1.40. The molecule has 3 rings (SSSR count). The highest BCUT2D eigenvalue weighted by Gasteiger charge is 2.37. The first-order valence-electron chi connectivity index (χ1n) is 9.05. The summed E-state index contributed by atoms with van der Waals surface area (Å²) < 4.78 is 10.4. The average Bonchev–Trinajstić information content (AvgIpc) is 3.09. The molecule has 29 heavy (non-hydrogen) atoms. The number of carbonyl (C=O) groups is 3. The molecule has 1 fully saturated rings. The van der Waals surface area contributed by atoms with Gasteiger partial charge in [0.2, 0.25) is 5.91 Å². The number of rotatable bonds is 6.